The molecule has 1 amide bonds. The summed E-state index contributed by atoms with van der Waals surface area (Å²) >= 11 is 1.15. The maximum absolute atomic E-state index is 13.5. The van der Waals surface area contributed by atoms with Crippen LogP contribution in [0.3, 0.4) is 0 Å². The van der Waals surface area contributed by atoms with Gasteiger partial charge in [0.2, 0.25) is 0 Å². The van der Waals surface area contributed by atoms with Crippen molar-refractivity contribution in [3.8, 4) is 0 Å². The van der Waals surface area contributed by atoms with Crippen LogP contribution >= 0.6 is 11.3 Å². The minimum absolute atomic E-state index is 0.217. The highest BCUT2D eigenvalue weighted by Gasteiger charge is 2.25. The smallest absolute Gasteiger partial charge is 0.254 e. The predicted molar refractivity (Wildman–Crippen MR) is 86.7 cm³/mol. The van der Waals surface area contributed by atoms with Gasteiger partial charge in [-0.05, 0) is 18.6 Å². The molecule has 6 nitrogen and oxygen atoms in total. The number of carbonyl (C=O) groups is 1. The van der Waals surface area contributed by atoms with Gasteiger partial charge in [0.25, 0.3) is 5.91 Å². The number of ether oxygens (including phenoxy) is 1. The number of aromatic nitrogens is 3. The summed E-state index contributed by atoms with van der Waals surface area (Å²) in [4.78, 5) is 17.7. The van der Waals surface area contributed by atoms with Gasteiger partial charge in [0.15, 0.2) is 10.8 Å². The molecule has 24 heavy (non-hydrogen) atoms. The van der Waals surface area contributed by atoms with Crippen molar-refractivity contribution in [2.24, 2.45) is 0 Å². The number of hydrogen-bond donors (Lipinski definition) is 1. The summed E-state index contributed by atoms with van der Waals surface area (Å²) in [5, 5.41) is 6.79. The number of halogens is 1. The number of carbonyl (C=O) groups excluding carboxylic acids is 1. The summed E-state index contributed by atoms with van der Waals surface area (Å²) in [6.45, 7) is 2.64. The minimum Gasteiger partial charge on any atom is -0.371 e. The van der Waals surface area contributed by atoms with Gasteiger partial charge in [0, 0.05) is 30.1 Å². The van der Waals surface area contributed by atoms with Crippen LogP contribution in [0.5, 0.6) is 0 Å². The molecule has 124 valence electrons. The zero-order chi connectivity index (χ0) is 16.7. The SMILES string of the molecule is Cc1c(C(=O)NCC2OCCc3sc(F)cc32)cnc2ccnn12. The molecule has 4 rings (SSSR count). The van der Waals surface area contributed by atoms with E-state index in [-0.39, 0.29) is 17.1 Å². The Balaban J connectivity index is 1.51. The second kappa shape index (κ2) is 5.95. The third kappa shape index (κ3) is 2.57. The Kier molecular flexibility index (Phi) is 3.78. The average Bonchev–Trinajstić information content (AvgIpc) is 3.18. The van der Waals surface area contributed by atoms with Gasteiger partial charge >= 0.3 is 0 Å². The van der Waals surface area contributed by atoms with Crippen LogP contribution in [-0.2, 0) is 11.2 Å². The quantitative estimate of drug-likeness (QED) is 0.790. The molecule has 0 aromatic carbocycles. The van der Waals surface area contributed by atoms with E-state index in [9.17, 15) is 9.18 Å². The molecule has 1 unspecified atom stereocenters. The topological polar surface area (TPSA) is 68.5 Å². The normalized spacial score (nSPS) is 17.0. The maximum Gasteiger partial charge on any atom is 0.254 e. The van der Waals surface area contributed by atoms with Crippen LogP contribution in [0, 0.1) is 12.1 Å². The first-order valence-electron chi connectivity index (χ1n) is 7.61. The van der Waals surface area contributed by atoms with E-state index in [0.29, 0.717) is 36.5 Å². The summed E-state index contributed by atoms with van der Waals surface area (Å²) < 4.78 is 20.8. The molecule has 0 saturated heterocycles. The fraction of sp³-hybridized carbons (Fsp3) is 0.312. The van der Waals surface area contributed by atoms with Gasteiger partial charge in [0.05, 0.1) is 24.1 Å². The lowest BCUT2D eigenvalue weighted by Crippen LogP contribution is -2.32. The molecule has 1 N–H and O–H groups in total. The zero-order valence-corrected chi connectivity index (χ0v) is 13.8. The highest BCUT2D eigenvalue weighted by atomic mass is 32.1. The van der Waals surface area contributed by atoms with Crippen molar-refractivity contribution in [1.82, 2.24) is 19.9 Å². The molecule has 0 bridgehead atoms. The Morgan fingerprint density at radius 2 is 2.46 bits per heavy atom. The predicted octanol–water partition coefficient (Wildman–Crippen LogP) is 2.28. The Bertz CT molecular complexity index is 920. The van der Waals surface area contributed by atoms with Crippen molar-refractivity contribution in [1.29, 1.82) is 0 Å². The Labute approximate surface area is 141 Å². The summed E-state index contributed by atoms with van der Waals surface area (Å²) in [5.74, 6) is -0.246. The van der Waals surface area contributed by atoms with Crippen molar-refractivity contribution in [3.05, 3.63) is 51.4 Å². The molecule has 0 saturated carbocycles. The molecule has 1 aliphatic heterocycles. The van der Waals surface area contributed by atoms with Crippen molar-refractivity contribution >= 4 is 22.9 Å². The number of thiophene rings is 1. The van der Waals surface area contributed by atoms with E-state index in [2.05, 4.69) is 15.4 Å². The Morgan fingerprint density at radius 3 is 3.33 bits per heavy atom. The molecular formula is C16H15FN4O2S. The second-order valence-corrected chi connectivity index (χ2v) is 6.69. The van der Waals surface area contributed by atoms with Crippen LogP contribution < -0.4 is 5.32 Å². The third-order valence-corrected chi connectivity index (χ3v) is 5.15. The van der Waals surface area contributed by atoms with Gasteiger partial charge < -0.3 is 10.1 Å². The van der Waals surface area contributed by atoms with Gasteiger partial charge in [0.1, 0.15) is 6.10 Å². The fourth-order valence-electron chi connectivity index (χ4n) is 2.92. The van der Waals surface area contributed by atoms with E-state index >= 15 is 0 Å². The maximum atomic E-state index is 13.5. The van der Waals surface area contributed by atoms with Crippen LogP contribution in [-0.4, -0.2) is 33.7 Å². The standard InChI is InChI=1S/C16H15FN4O2S/c1-9-11(7-18-15-2-4-20-21(9)15)16(22)19-8-12-10-6-14(17)24-13(10)3-5-23-12/h2,4,6-7,12H,3,5,8H2,1H3,(H,19,22). The number of aryl methyl sites for hydroxylation is 1. The second-order valence-electron chi connectivity index (χ2n) is 5.61. The lowest BCUT2D eigenvalue weighted by molar-refractivity contribution is 0.0422. The van der Waals surface area contributed by atoms with Gasteiger partial charge in [-0.1, -0.05) is 0 Å². The lowest BCUT2D eigenvalue weighted by Gasteiger charge is -2.23. The first-order valence-corrected chi connectivity index (χ1v) is 8.42. The minimum atomic E-state index is -0.319. The molecule has 0 aliphatic carbocycles. The summed E-state index contributed by atoms with van der Waals surface area (Å²) in [6.07, 6.45) is 3.58. The van der Waals surface area contributed by atoms with Gasteiger partial charge in [-0.2, -0.15) is 9.49 Å². The van der Waals surface area contributed by atoms with Gasteiger partial charge in [-0.15, -0.1) is 11.3 Å². The molecule has 4 heterocycles. The largest absolute Gasteiger partial charge is 0.371 e. The van der Waals surface area contributed by atoms with Crippen LogP contribution in [0.15, 0.2) is 24.5 Å². The molecule has 1 aliphatic rings. The van der Waals surface area contributed by atoms with Crippen LogP contribution in [0.1, 0.15) is 32.6 Å². The molecule has 0 radical (unpaired) electrons. The third-order valence-electron chi connectivity index (χ3n) is 4.16. The number of amides is 1. The molecule has 0 fully saturated rings. The van der Waals surface area contributed by atoms with E-state index in [1.165, 1.54) is 6.07 Å². The van der Waals surface area contributed by atoms with Crippen molar-refractivity contribution in [3.63, 3.8) is 0 Å². The van der Waals surface area contributed by atoms with E-state index in [0.717, 1.165) is 21.8 Å². The summed E-state index contributed by atoms with van der Waals surface area (Å²) in [6, 6.07) is 3.27. The number of nitrogens with one attached hydrogen (secondary N) is 1. The zero-order valence-electron chi connectivity index (χ0n) is 13.0. The van der Waals surface area contributed by atoms with E-state index in [1.807, 2.05) is 6.92 Å². The summed E-state index contributed by atoms with van der Waals surface area (Å²) in [5.41, 5.74) is 2.70. The number of nitrogens with zero attached hydrogens (tertiary/aromatic N) is 3. The number of fused-ring (bicyclic) bond motifs is 2. The summed E-state index contributed by atoms with van der Waals surface area (Å²) in [7, 11) is 0. The van der Waals surface area contributed by atoms with Crippen LogP contribution in [0.2, 0.25) is 0 Å². The monoisotopic (exact) mass is 346 g/mol. The van der Waals surface area contributed by atoms with E-state index < -0.39 is 0 Å². The number of hydrogen-bond acceptors (Lipinski definition) is 5. The Hall–Kier alpha value is -2.32. The molecule has 1 atom stereocenters. The molecule has 3 aromatic heterocycles. The molecule has 3 aromatic rings. The molecular weight excluding hydrogens is 331 g/mol. The van der Waals surface area contributed by atoms with Gasteiger partial charge in [-0.25, -0.2) is 9.50 Å². The highest BCUT2D eigenvalue weighted by molar-refractivity contribution is 7.10. The lowest BCUT2D eigenvalue weighted by atomic mass is 10.1. The van der Waals surface area contributed by atoms with E-state index in [4.69, 9.17) is 4.74 Å². The van der Waals surface area contributed by atoms with Crippen molar-refractivity contribution < 1.29 is 13.9 Å². The number of rotatable bonds is 3. The fourth-order valence-corrected chi connectivity index (χ4v) is 3.84. The molecule has 8 heteroatoms. The van der Waals surface area contributed by atoms with Gasteiger partial charge in [-0.3, -0.25) is 4.79 Å². The van der Waals surface area contributed by atoms with Crippen LogP contribution in [0.4, 0.5) is 4.39 Å². The van der Waals surface area contributed by atoms with Crippen molar-refractivity contribution in [2.45, 2.75) is 19.4 Å². The first kappa shape index (κ1) is 15.2. The average molecular weight is 346 g/mol. The first-order chi connectivity index (χ1) is 11.6. The van der Waals surface area contributed by atoms with Crippen LogP contribution in [0.25, 0.3) is 5.65 Å². The highest BCUT2D eigenvalue weighted by Crippen LogP contribution is 2.32. The molecule has 0 spiro atoms. The van der Waals surface area contributed by atoms with Crippen molar-refractivity contribution in [2.75, 3.05) is 13.2 Å². The Morgan fingerprint density at radius 1 is 1.58 bits per heavy atom. The van der Waals surface area contributed by atoms with E-state index in [1.54, 1.807) is 23.0 Å².